The van der Waals surface area contributed by atoms with E-state index in [0.717, 1.165) is 22.9 Å². The van der Waals surface area contributed by atoms with Gasteiger partial charge in [0, 0.05) is 11.4 Å². The molecule has 6 heteroatoms. The van der Waals surface area contributed by atoms with Crippen molar-refractivity contribution in [2.45, 2.75) is 37.6 Å². The molecule has 2 rings (SSSR count). The van der Waals surface area contributed by atoms with Gasteiger partial charge in [0.15, 0.2) is 5.11 Å². The van der Waals surface area contributed by atoms with Crippen LogP contribution in [0.1, 0.15) is 27.7 Å². The first-order valence-electron chi connectivity index (χ1n) is 9.66. The maximum atomic E-state index is 5.40. The Bertz CT molecular complexity index is 593. The van der Waals surface area contributed by atoms with Crippen molar-refractivity contribution in [1.82, 2.24) is 0 Å². The van der Waals surface area contributed by atoms with E-state index >= 15 is 0 Å². The zero-order valence-electron chi connectivity index (χ0n) is 16.9. The van der Waals surface area contributed by atoms with E-state index in [-0.39, 0.29) is 17.4 Å². The van der Waals surface area contributed by atoms with E-state index in [1.807, 2.05) is 62.4 Å². The zero-order valence-corrected chi connectivity index (χ0v) is 20.7. The number of rotatable bonds is 8. The summed E-state index contributed by atoms with van der Waals surface area (Å²) in [7, 11) is 0. The molecule has 27 heavy (non-hydrogen) atoms. The zero-order chi connectivity index (χ0) is 19.9. The monoisotopic (exact) mass is 444 g/mol. The third-order valence-electron chi connectivity index (χ3n) is 3.55. The molecule has 0 atom stereocenters. The Hall–Kier alpha value is -1.63. The first-order valence-corrected chi connectivity index (χ1v) is 14.3. The molecule has 0 aromatic heterocycles. The topological polar surface area (TPSA) is 42.5 Å². The molecular formula is C21H31GaN2O2S. The Morgan fingerprint density at radius 2 is 1.11 bits per heavy atom. The summed E-state index contributed by atoms with van der Waals surface area (Å²) >= 11 is 5.40. The van der Waals surface area contributed by atoms with Gasteiger partial charge in [-0.25, -0.2) is 0 Å². The van der Waals surface area contributed by atoms with Crippen molar-refractivity contribution >= 4 is 46.1 Å². The Labute approximate surface area is 176 Å². The summed E-state index contributed by atoms with van der Waals surface area (Å²) in [5.74, 6) is 1.69. The molecule has 0 saturated carbocycles. The normalized spacial score (nSPS) is 9.48. The predicted molar refractivity (Wildman–Crippen MR) is 123 cm³/mol. The van der Waals surface area contributed by atoms with Gasteiger partial charge < -0.3 is 20.1 Å². The van der Waals surface area contributed by atoms with Crippen LogP contribution < -0.4 is 20.1 Å². The summed E-state index contributed by atoms with van der Waals surface area (Å²) in [6.07, 6.45) is 0. The molecule has 146 valence electrons. The summed E-state index contributed by atoms with van der Waals surface area (Å²) in [5.41, 5.74) is 1.82. The predicted octanol–water partition coefficient (Wildman–Crippen LogP) is 5.59. The minimum atomic E-state index is 0.0972. The van der Waals surface area contributed by atoms with Crippen molar-refractivity contribution in [3.8, 4) is 11.5 Å². The Kier molecular flexibility index (Phi) is 12.5. The standard InChI is InChI=1S/C17H20N2O2S.2C2H5.Ga.H/c1-3-20-15-9-5-13(6-10-15)18-17(22)19-14-7-11-16(12-8-14)21-4-2;2*1-2;;/h5-12H,3-4H2,1-2H3,(H2,18,19,22);2*1H2,2H3;;. The molecule has 2 aromatic rings. The van der Waals surface area contributed by atoms with Gasteiger partial charge in [0.25, 0.3) is 0 Å². The van der Waals surface area contributed by atoms with Crippen LogP contribution in [0.15, 0.2) is 48.5 Å². The van der Waals surface area contributed by atoms with Crippen LogP contribution in [0.3, 0.4) is 0 Å². The third-order valence-corrected chi connectivity index (χ3v) is 6.72. The van der Waals surface area contributed by atoms with E-state index in [0.29, 0.717) is 18.3 Å². The molecule has 0 heterocycles. The maximum absolute atomic E-state index is 5.40. The molecule has 0 amide bonds. The van der Waals surface area contributed by atoms with Gasteiger partial charge in [-0.3, -0.25) is 0 Å². The molecule has 0 fully saturated rings. The van der Waals surface area contributed by atoms with E-state index in [4.69, 9.17) is 21.7 Å². The van der Waals surface area contributed by atoms with Crippen molar-refractivity contribution in [2.24, 2.45) is 0 Å². The summed E-state index contributed by atoms with van der Waals surface area (Å²) < 4.78 is 10.8. The van der Waals surface area contributed by atoms with Crippen LogP contribution in [0, 0.1) is 0 Å². The number of hydrogen-bond donors (Lipinski definition) is 2. The van der Waals surface area contributed by atoms with Gasteiger partial charge in [-0.15, -0.1) is 0 Å². The molecule has 0 unspecified atom stereocenters. The van der Waals surface area contributed by atoms with Crippen molar-refractivity contribution in [1.29, 1.82) is 0 Å². The Balaban J connectivity index is 0.000000646. The molecular weight excluding hydrogens is 414 g/mol. The van der Waals surface area contributed by atoms with E-state index < -0.39 is 0 Å². The van der Waals surface area contributed by atoms with Crippen LogP contribution >= 0.6 is 12.2 Å². The molecule has 2 N–H and O–H groups in total. The quantitative estimate of drug-likeness (QED) is 0.410. The fourth-order valence-corrected chi connectivity index (χ4v) is 3.97. The number of anilines is 2. The molecule has 4 nitrogen and oxygen atoms in total. The second-order valence-corrected chi connectivity index (χ2v) is 11.9. The fraction of sp³-hybridized carbons (Fsp3) is 0.381. The van der Waals surface area contributed by atoms with Gasteiger partial charge in [-0.1, -0.05) is 0 Å². The molecule has 0 bridgehead atoms. The number of ether oxygens (including phenoxy) is 2. The second kappa shape index (κ2) is 14.4. The number of nitrogens with one attached hydrogen (secondary N) is 2. The van der Waals surface area contributed by atoms with Gasteiger partial charge in [-0.2, -0.15) is 0 Å². The number of benzene rings is 2. The van der Waals surface area contributed by atoms with Crippen LogP contribution in [0.25, 0.3) is 0 Å². The summed E-state index contributed by atoms with van der Waals surface area (Å²) in [6.45, 7) is 9.83. The average Bonchev–Trinajstić information content (AvgIpc) is 2.66. The van der Waals surface area contributed by atoms with Gasteiger partial charge in [-0.05, 0) is 74.6 Å². The van der Waals surface area contributed by atoms with E-state index in [9.17, 15) is 0 Å². The van der Waals surface area contributed by atoms with Crippen molar-refractivity contribution < 1.29 is 9.47 Å². The average molecular weight is 445 g/mol. The Morgan fingerprint density at radius 1 is 0.741 bits per heavy atom. The van der Waals surface area contributed by atoms with Crippen LogP contribution in [-0.2, 0) is 0 Å². The molecule has 2 aromatic carbocycles. The van der Waals surface area contributed by atoms with E-state index in [1.165, 1.54) is 9.95 Å². The molecule has 0 radical (unpaired) electrons. The van der Waals surface area contributed by atoms with Gasteiger partial charge >= 0.3 is 41.2 Å². The van der Waals surface area contributed by atoms with Crippen LogP contribution in [0.2, 0.25) is 9.95 Å². The van der Waals surface area contributed by atoms with Crippen LogP contribution in [-0.4, -0.2) is 35.7 Å². The number of hydrogen-bond acceptors (Lipinski definition) is 3. The summed E-state index contributed by atoms with van der Waals surface area (Å²) in [5, 5.41) is 6.80. The first-order chi connectivity index (χ1) is 13.1. The van der Waals surface area contributed by atoms with Gasteiger partial charge in [0.1, 0.15) is 11.5 Å². The molecule has 0 aliphatic rings. The minimum absolute atomic E-state index is 0.0972. The fourth-order valence-electron chi connectivity index (χ4n) is 2.25. The van der Waals surface area contributed by atoms with Crippen molar-refractivity contribution in [3.63, 3.8) is 0 Å². The Morgan fingerprint density at radius 3 is 1.37 bits per heavy atom. The van der Waals surface area contributed by atoms with E-state index in [2.05, 4.69) is 24.5 Å². The molecule has 0 aliphatic carbocycles. The first kappa shape index (κ1) is 23.4. The van der Waals surface area contributed by atoms with Gasteiger partial charge in [0.2, 0.25) is 0 Å². The molecule has 0 aliphatic heterocycles. The summed E-state index contributed by atoms with van der Waals surface area (Å²) in [4.78, 5) is 3.06. The van der Waals surface area contributed by atoms with Crippen LogP contribution in [0.5, 0.6) is 11.5 Å². The number of thiocarbonyl (C=S) groups is 1. The van der Waals surface area contributed by atoms with Crippen molar-refractivity contribution in [2.75, 3.05) is 23.8 Å². The van der Waals surface area contributed by atoms with Crippen molar-refractivity contribution in [3.05, 3.63) is 48.5 Å². The van der Waals surface area contributed by atoms with E-state index in [1.54, 1.807) is 0 Å². The summed E-state index contributed by atoms with van der Waals surface area (Å²) in [6, 6.07) is 15.3. The molecule has 0 spiro atoms. The van der Waals surface area contributed by atoms with Gasteiger partial charge in [0.05, 0.1) is 13.2 Å². The van der Waals surface area contributed by atoms with Crippen LogP contribution in [0.4, 0.5) is 11.4 Å². The second-order valence-electron chi connectivity index (χ2n) is 5.85. The molecule has 0 saturated heterocycles. The third kappa shape index (κ3) is 10.3. The SMILES string of the molecule is CCOc1ccc(NC(=S)Nc2ccc(OCC)cc2)cc1.C[CH2][GaH][CH2]C.